The highest BCUT2D eigenvalue weighted by Gasteiger charge is 2.33. The zero-order valence-corrected chi connectivity index (χ0v) is 13.6. The third-order valence-electron chi connectivity index (χ3n) is 4.15. The van der Waals surface area contributed by atoms with Crippen molar-refractivity contribution in [3.63, 3.8) is 0 Å². The molecular formula is C15H18BrClN2. The number of nitrogens with zero attached hydrogens (tertiary/aromatic N) is 2. The van der Waals surface area contributed by atoms with Crippen LogP contribution in [0, 0.1) is 5.41 Å². The van der Waals surface area contributed by atoms with Crippen molar-refractivity contribution in [1.82, 2.24) is 9.55 Å². The zero-order valence-electron chi connectivity index (χ0n) is 11.3. The Labute approximate surface area is 127 Å². The molecule has 0 amide bonds. The largest absolute Gasteiger partial charge is 0.324 e. The molecule has 4 heteroatoms. The van der Waals surface area contributed by atoms with Gasteiger partial charge < -0.3 is 4.57 Å². The molecule has 0 N–H and O–H groups in total. The van der Waals surface area contributed by atoms with Gasteiger partial charge in [0.1, 0.15) is 5.82 Å². The van der Waals surface area contributed by atoms with Crippen LogP contribution in [0.15, 0.2) is 22.7 Å². The Morgan fingerprint density at radius 3 is 2.89 bits per heavy atom. The molecule has 0 aliphatic heterocycles. The fraction of sp³-hybridized carbons (Fsp3) is 0.533. The summed E-state index contributed by atoms with van der Waals surface area (Å²) in [5, 5.41) is 0. The van der Waals surface area contributed by atoms with Crippen LogP contribution in [0.3, 0.4) is 0 Å². The van der Waals surface area contributed by atoms with Crippen LogP contribution < -0.4 is 0 Å². The molecule has 1 aromatic carbocycles. The van der Waals surface area contributed by atoms with Crippen molar-refractivity contribution < 1.29 is 0 Å². The molecule has 19 heavy (non-hydrogen) atoms. The predicted molar refractivity (Wildman–Crippen MR) is 83.7 cm³/mol. The second-order valence-corrected chi connectivity index (χ2v) is 7.41. The lowest BCUT2D eigenvalue weighted by molar-refractivity contribution is 0.359. The second-order valence-electron chi connectivity index (χ2n) is 6.23. The molecule has 3 rings (SSSR count). The summed E-state index contributed by atoms with van der Waals surface area (Å²) in [5.74, 6) is 1.47. The van der Waals surface area contributed by atoms with E-state index in [0.29, 0.717) is 17.3 Å². The Bertz CT molecular complexity index is 618. The van der Waals surface area contributed by atoms with Gasteiger partial charge in [-0.05, 0) is 42.9 Å². The Hall–Kier alpha value is -0.540. The Morgan fingerprint density at radius 1 is 1.47 bits per heavy atom. The predicted octanol–water partition coefficient (Wildman–Crippen LogP) is 5.29. The first-order chi connectivity index (χ1) is 9.00. The normalized spacial score (nSPS) is 22.2. The van der Waals surface area contributed by atoms with Gasteiger partial charge in [0.05, 0.1) is 16.9 Å². The van der Waals surface area contributed by atoms with E-state index in [-0.39, 0.29) is 0 Å². The first kappa shape index (κ1) is 13.4. The molecule has 1 aliphatic rings. The second kappa shape index (κ2) is 4.78. The van der Waals surface area contributed by atoms with Gasteiger partial charge in [0.2, 0.25) is 0 Å². The van der Waals surface area contributed by atoms with E-state index >= 15 is 0 Å². The average molecular weight is 342 g/mol. The molecule has 1 unspecified atom stereocenters. The van der Waals surface area contributed by atoms with Crippen molar-refractivity contribution in [3.05, 3.63) is 28.5 Å². The van der Waals surface area contributed by atoms with Crippen molar-refractivity contribution >= 4 is 38.6 Å². The van der Waals surface area contributed by atoms with Gasteiger partial charge in [-0.15, -0.1) is 11.6 Å². The van der Waals surface area contributed by atoms with Crippen molar-refractivity contribution in [3.8, 4) is 0 Å². The topological polar surface area (TPSA) is 17.8 Å². The van der Waals surface area contributed by atoms with Crippen molar-refractivity contribution in [2.75, 3.05) is 0 Å². The summed E-state index contributed by atoms with van der Waals surface area (Å²) in [7, 11) is 0. The highest BCUT2D eigenvalue weighted by atomic mass is 79.9. The molecule has 0 bridgehead atoms. The molecule has 0 radical (unpaired) electrons. The van der Waals surface area contributed by atoms with Crippen molar-refractivity contribution in [1.29, 1.82) is 0 Å². The number of hydrogen-bond donors (Lipinski definition) is 0. The van der Waals surface area contributed by atoms with Crippen molar-refractivity contribution in [2.24, 2.45) is 5.41 Å². The number of imidazole rings is 1. The molecule has 1 saturated carbocycles. The first-order valence-corrected chi connectivity index (χ1v) is 8.05. The molecule has 0 saturated heterocycles. The molecule has 1 heterocycles. The van der Waals surface area contributed by atoms with Crippen LogP contribution in [-0.2, 0) is 5.88 Å². The third kappa shape index (κ3) is 2.43. The Morgan fingerprint density at radius 2 is 2.26 bits per heavy atom. The zero-order chi connectivity index (χ0) is 13.6. The number of alkyl halides is 1. The van der Waals surface area contributed by atoms with Crippen LogP contribution in [0.5, 0.6) is 0 Å². The van der Waals surface area contributed by atoms with E-state index in [2.05, 4.69) is 57.5 Å². The number of halogens is 2. The molecule has 102 valence electrons. The number of fused-ring (bicyclic) bond motifs is 1. The summed E-state index contributed by atoms with van der Waals surface area (Å²) < 4.78 is 3.43. The van der Waals surface area contributed by atoms with E-state index in [1.165, 1.54) is 24.8 Å². The third-order valence-corrected chi connectivity index (χ3v) is 4.88. The minimum absolute atomic E-state index is 0.431. The quantitative estimate of drug-likeness (QED) is 0.679. The van der Waals surface area contributed by atoms with Gasteiger partial charge in [0.25, 0.3) is 0 Å². The molecular weight excluding hydrogens is 324 g/mol. The van der Waals surface area contributed by atoms with Gasteiger partial charge >= 0.3 is 0 Å². The lowest BCUT2D eigenvalue weighted by atomic mass is 9.92. The summed E-state index contributed by atoms with van der Waals surface area (Å²) in [6.07, 6.45) is 3.70. The van der Waals surface area contributed by atoms with Gasteiger partial charge in [-0.1, -0.05) is 29.8 Å². The van der Waals surface area contributed by atoms with Crippen LogP contribution in [0.2, 0.25) is 0 Å². The van der Waals surface area contributed by atoms with E-state index < -0.39 is 0 Å². The van der Waals surface area contributed by atoms with Gasteiger partial charge in [-0.3, -0.25) is 0 Å². The van der Waals surface area contributed by atoms with E-state index in [9.17, 15) is 0 Å². The molecule has 1 aliphatic carbocycles. The summed E-state index contributed by atoms with van der Waals surface area (Å²) in [6.45, 7) is 4.70. The van der Waals surface area contributed by atoms with E-state index in [1.54, 1.807) is 0 Å². The van der Waals surface area contributed by atoms with Gasteiger partial charge in [-0.25, -0.2) is 4.98 Å². The van der Waals surface area contributed by atoms with Crippen LogP contribution in [0.1, 0.15) is 45.0 Å². The van der Waals surface area contributed by atoms with Gasteiger partial charge in [0.15, 0.2) is 0 Å². The van der Waals surface area contributed by atoms with Crippen LogP contribution in [0.4, 0.5) is 0 Å². The number of benzene rings is 1. The first-order valence-electron chi connectivity index (χ1n) is 6.72. The molecule has 2 aromatic rings. The van der Waals surface area contributed by atoms with Crippen LogP contribution >= 0.6 is 27.5 Å². The molecule has 1 aromatic heterocycles. The lowest BCUT2D eigenvalue weighted by Crippen LogP contribution is -2.11. The van der Waals surface area contributed by atoms with Crippen LogP contribution in [0.25, 0.3) is 11.0 Å². The minimum Gasteiger partial charge on any atom is -0.324 e. The Balaban J connectivity index is 2.11. The monoisotopic (exact) mass is 340 g/mol. The van der Waals surface area contributed by atoms with Crippen molar-refractivity contribution in [2.45, 2.75) is 45.0 Å². The molecule has 1 atom stereocenters. The summed E-state index contributed by atoms with van der Waals surface area (Å²) >= 11 is 9.61. The fourth-order valence-electron chi connectivity index (χ4n) is 3.24. The standard InChI is InChI=1S/C15H18BrClN2/c1-15(2)6-5-11(8-15)19-13-4-3-10(16)7-12(13)18-14(19)9-17/h3-4,7,11H,5-6,8-9H2,1-2H3. The fourth-order valence-corrected chi connectivity index (χ4v) is 3.78. The summed E-state index contributed by atoms with van der Waals surface area (Å²) in [6, 6.07) is 6.84. The lowest BCUT2D eigenvalue weighted by Gasteiger charge is -2.19. The number of aromatic nitrogens is 2. The highest BCUT2D eigenvalue weighted by molar-refractivity contribution is 9.10. The van der Waals surface area contributed by atoms with E-state index in [4.69, 9.17) is 11.6 Å². The summed E-state index contributed by atoms with van der Waals surface area (Å²) in [4.78, 5) is 4.69. The Kier molecular flexibility index (Phi) is 3.38. The van der Waals surface area contributed by atoms with E-state index in [1.807, 2.05) is 0 Å². The highest BCUT2D eigenvalue weighted by Crippen LogP contribution is 2.45. The summed E-state index contributed by atoms with van der Waals surface area (Å²) in [5.41, 5.74) is 2.68. The molecule has 2 nitrogen and oxygen atoms in total. The maximum absolute atomic E-state index is 6.10. The minimum atomic E-state index is 0.431. The maximum Gasteiger partial charge on any atom is 0.125 e. The number of hydrogen-bond acceptors (Lipinski definition) is 1. The maximum atomic E-state index is 6.10. The smallest absolute Gasteiger partial charge is 0.125 e. The SMILES string of the molecule is CC1(C)CCC(n2c(CCl)nc3cc(Br)ccc32)C1. The van der Waals surface area contributed by atoms with Gasteiger partial charge in [0, 0.05) is 10.5 Å². The molecule has 0 spiro atoms. The average Bonchev–Trinajstić information content (AvgIpc) is 2.88. The number of rotatable bonds is 2. The van der Waals surface area contributed by atoms with Gasteiger partial charge in [-0.2, -0.15) is 0 Å². The molecule has 1 fully saturated rings. The van der Waals surface area contributed by atoms with E-state index in [0.717, 1.165) is 15.8 Å². The van der Waals surface area contributed by atoms with Crippen LogP contribution in [-0.4, -0.2) is 9.55 Å².